The Morgan fingerprint density at radius 2 is 2.20 bits per heavy atom. The van der Waals surface area contributed by atoms with Crippen LogP contribution in [0, 0.1) is 11.8 Å². The van der Waals surface area contributed by atoms with E-state index in [4.69, 9.17) is 5.73 Å². The number of nitrogens with one attached hydrogen (secondary N) is 1. The summed E-state index contributed by atoms with van der Waals surface area (Å²) in [5.74, 6) is 1.80. The second-order valence-corrected chi connectivity index (χ2v) is 5.16. The molecule has 0 heterocycles. The summed E-state index contributed by atoms with van der Waals surface area (Å²) in [4.78, 5) is 11.9. The Morgan fingerprint density at radius 3 is 2.87 bits per heavy atom. The van der Waals surface area contributed by atoms with Gasteiger partial charge in [0.15, 0.2) is 0 Å². The second-order valence-electron chi connectivity index (χ2n) is 4.17. The van der Waals surface area contributed by atoms with Crippen LogP contribution < -0.4 is 11.1 Å². The third kappa shape index (κ3) is 4.03. The molecular formula is C11H22N2OS. The molecule has 88 valence electrons. The van der Waals surface area contributed by atoms with Crippen LogP contribution in [-0.4, -0.2) is 31.0 Å². The predicted molar refractivity (Wildman–Crippen MR) is 65.9 cm³/mol. The molecule has 1 amide bonds. The molecule has 1 fully saturated rings. The zero-order valence-electron chi connectivity index (χ0n) is 9.50. The van der Waals surface area contributed by atoms with E-state index in [1.807, 2.05) is 0 Å². The summed E-state index contributed by atoms with van der Waals surface area (Å²) >= 11 is 1.76. The lowest BCUT2D eigenvalue weighted by Gasteiger charge is -2.29. The Balaban J connectivity index is 2.34. The first kappa shape index (κ1) is 12.8. The van der Waals surface area contributed by atoms with Crippen LogP contribution in [0.1, 0.15) is 25.7 Å². The van der Waals surface area contributed by atoms with E-state index < -0.39 is 0 Å². The molecule has 1 aliphatic carbocycles. The minimum absolute atomic E-state index is 0.172. The fraction of sp³-hybridized carbons (Fsp3) is 0.909. The Morgan fingerprint density at radius 1 is 1.47 bits per heavy atom. The Bertz CT molecular complexity index is 199. The molecule has 0 bridgehead atoms. The normalized spacial score (nSPS) is 26.3. The highest BCUT2D eigenvalue weighted by Crippen LogP contribution is 2.29. The lowest BCUT2D eigenvalue weighted by molar-refractivity contribution is -0.127. The number of carbonyl (C=O) groups is 1. The van der Waals surface area contributed by atoms with Gasteiger partial charge >= 0.3 is 0 Å². The monoisotopic (exact) mass is 230 g/mol. The van der Waals surface area contributed by atoms with Crippen molar-refractivity contribution in [1.29, 1.82) is 0 Å². The molecule has 2 unspecified atom stereocenters. The lowest BCUT2D eigenvalue weighted by Crippen LogP contribution is -2.40. The van der Waals surface area contributed by atoms with Crippen LogP contribution >= 0.6 is 11.8 Å². The maximum atomic E-state index is 11.9. The molecule has 1 saturated carbocycles. The zero-order valence-corrected chi connectivity index (χ0v) is 10.3. The second kappa shape index (κ2) is 7.12. The van der Waals surface area contributed by atoms with Gasteiger partial charge < -0.3 is 11.1 Å². The van der Waals surface area contributed by atoms with Crippen molar-refractivity contribution in [3.63, 3.8) is 0 Å². The van der Waals surface area contributed by atoms with Gasteiger partial charge in [0, 0.05) is 18.2 Å². The largest absolute Gasteiger partial charge is 0.355 e. The average molecular weight is 230 g/mol. The molecule has 0 aromatic rings. The first-order valence-electron chi connectivity index (χ1n) is 5.76. The molecule has 1 aliphatic rings. The maximum absolute atomic E-state index is 11.9. The summed E-state index contributed by atoms with van der Waals surface area (Å²) in [7, 11) is 0. The van der Waals surface area contributed by atoms with Gasteiger partial charge in [-0.2, -0.15) is 11.8 Å². The molecule has 0 aromatic heterocycles. The molecule has 4 heteroatoms. The molecule has 15 heavy (non-hydrogen) atoms. The van der Waals surface area contributed by atoms with Crippen LogP contribution in [-0.2, 0) is 4.79 Å². The van der Waals surface area contributed by atoms with Crippen LogP contribution in [0.4, 0.5) is 0 Å². The third-order valence-corrected chi connectivity index (χ3v) is 3.77. The number of carbonyl (C=O) groups excluding carboxylic acids is 1. The van der Waals surface area contributed by atoms with Crippen LogP contribution in [0.2, 0.25) is 0 Å². The van der Waals surface area contributed by atoms with Gasteiger partial charge in [0.1, 0.15) is 0 Å². The van der Waals surface area contributed by atoms with Crippen molar-refractivity contribution in [1.82, 2.24) is 5.32 Å². The molecule has 0 radical (unpaired) electrons. The van der Waals surface area contributed by atoms with Gasteiger partial charge in [0.25, 0.3) is 0 Å². The van der Waals surface area contributed by atoms with Crippen LogP contribution in [0.25, 0.3) is 0 Å². The highest BCUT2D eigenvalue weighted by molar-refractivity contribution is 7.98. The first-order valence-corrected chi connectivity index (χ1v) is 7.15. The average Bonchev–Trinajstić information content (AvgIpc) is 2.29. The number of rotatable bonds is 5. The quantitative estimate of drug-likeness (QED) is 0.699. The predicted octanol–water partition coefficient (Wildman–Crippen LogP) is 1.23. The van der Waals surface area contributed by atoms with Crippen molar-refractivity contribution in [2.75, 3.05) is 25.1 Å². The van der Waals surface area contributed by atoms with E-state index in [2.05, 4.69) is 11.6 Å². The van der Waals surface area contributed by atoms with Crippen molar-refractivity contribution in [2.24, 2.45) is 17.6 Å². The van der Waals surface area contributed by atoms with Gasteiger partial charge in [0.2, 0.25) is 5.91 Å². The number of hydrogen-bond acceptors (Lipinski definition) is 3. The third-order valence-electron chi connectivity index (χ3n) is 3.15. The van der Waals surface area contributed by atoms with E-state index in [1.54, 1.807) is 11.8 Å². The van der Waals surface area contributed by atoms with Gasteiger partial charge in [-0.05, 0) is 31.6 Å². The number of thioether (sulfide) groups is 1. The van der Waals surface area contributed by atoms with Crippen LogP contribution in [0.15, 0.2) is 0 Å². The smallest absolute Gasteiger partial charge is 0.223 e. The molecule has 3 nitrogen and oxygen atoms in total. The fourth-order valence-electron chi connectivity index (χ4n) is 2.24. The first-order chi connectivity index (χ1) is 7.29. The molecule has 0 saturated heterocycles. The van der Waals surface area contributed by atoms with Gasteiger partial charge in [-0.3, -0.25) is 4.79 Å². The van der Waals surface area contributed by atoms with Crippen molar-refractivity contribution in [3.05, 3.63) is 0 Å². The maximum Gasteiger partial charge on any atom is 0.223 e. The van der Waals surface area contributed by atoms with Crippen molar-refractivity contribution in [2.45, 2.75) is 25.7 Å². The Hall–Kier alpha value is -0.220. The number of hydrogen-bond donors (Lipinski definition) is 2. The summed E-state index contributed by atoms with van der Waals surface area (Å²) in [6.45, 7) is 1.44. The number of nitrogens with two attached hydrogens (primary N) is 1. The highest BCUT2D eigenvalue weighted by Gasteiger charge is 2.29. The molecular weight excluding hydrogens is 208 g/mol. The zero-order chi connectivity index (χ0) is 11.1. The fourth-order valence-corrected chi connectivity index (χ4v) is 2.55. The van der Waals surface area contributed by atoms with E-state index in [-0.39, 0.29) is 11.8 Å². The lowest BCUT2D eigenvalue weighted by atomic mass is 9.79. The van der Waals surface area contributed by atoms with Gasteiger partial charge in [0.05, 0.1) is 0 Å². The summed E-state index contributed by atoms with van der Waals surface area (Å²) in [5.41, 5.74) is 5.70. The van der Waals surface area contributed by atoms with Crippen molar-refractivity contribution in [3.8, 4) is 0 Å². The Kier molecular flexibility index (Phi) is 6.10. The Labute approximate surface area is 96.6 Å². The van der Waals surface area contributed by atoms with Gasteiger partial charge in [-0.15, -0.1) is 0 Å². The number of amides is 1. The van der Waals surface area contributed by atoms with Crippen LogP contribution in [0.5, 0.6) is 0 Å². The molecule has 0 spiro atoms. The molecule has 0 aromatic carbocycles. The summed E-state index contributed by atoms with van der Waals surface area (Å²) in [5, 5.41) is 3.00. The highest BCUT2D eigenvalue weighted by atomic mass is 32.2. The molecule has 1 rings (SSSR count). The minimum Gasteiger partial charge on any atom is -0.355 e. The summed E-state index contributed by atoms with van der Waals surface area (Å²) in [6, 6.07) is 0. The molecule has 3 N–H and O–H groups in total. The standard InChI is InChI=1S/C11H22N2OS/c1-15-7-6-13-11(14)10-5-3-2-4-9(10)8-12/h9-10H,2-8,12H2,1H3,(H,13,14). The van der Waals surface area contributed by atoms with E-state index in [0.29, 0.717) is 12.5 Å². The van der Waals surface area contributed by atoms with E-state index in [0.717, 1.165) is 25.1 Å². The van der Waals surface area contributed by atoms with E-state index in [9.17, 15) is 4.79 Å². The summed E-state index contributed by atoms with van der Waals surface area (Å²) in [6.07, 6.45) is 6.60. The SMILES string of the molecule is CSCCNC(=O)C1CCCCC1CN. The van der Waals surface area contributed by atoms with Crippen molar-refractivity contribution < 1.29 is 4.79 Å². The molecule has 2 atom stereocenters. The van der Waals surface area contributed by atoms with E-state index >= 15 is 0 Å². The summed E-state index contributed by atoms with van der Waals surface area (Å²) < 4.78 is 0. The topological polar surface area (TPSA) is 55.1 Å². The van der Waals surface area contributed by atoms with Crippen molar-refractivity contribution >= 4 is 17.7 Å². The van der Waals surface area contributed by atoms with Gasteiger partial charge in [-0.25, -0.2) is 0 Å². The van der Waals surface area contributed by atoms with E-state index in [1.165, 1.54) is 12.8 Å². The van der Waals surface area contributed by atoms with Gasteiger partial charge in [-0.1, -0.05) is 12.8 Å². The van der Waals surface area contributed by atoms with Crippen LogP contribution in [0.3, 0.4) is 0 Å². The molecule has 0 aliphatic heterocycles. The minimum atomic E-state index is 0.172.